The number of alkyl halides is 1. The van der Waals surface area contributed by atoms with Crippen LogP contribution in [0.1, 0.15) is 32.6 Å². The predicted molar refractivity (Wildman–Crippen MR) is 52.7 cm³/mol. The van der Waals surface area contributed by atoms with Crippen LogP contribution >= 0.6 is 11.6 Å². The largest absolute Gasteiger partial charge is 0.381 e. The second-order valence-corrected chi connectivity index (χ2v) is 4.08. The molecule has 1 saturated heterocycles. The van der Waals surface area contributed by atoms with Crippen LogP contribution in [0.15, 0.2) is 0 Å². The molecule has 0 aromatic heterocycles. The van der Waals surface area contributed by atoms with Crippen LogP contribution in [0.2, 0.25) is 0 Å². The molecule has 72 valence electrons. The quantitative estimate of drug-likeness (QED) is 0.606. The number of halogens is 1. The zero-order valence-electron chi connectivity index (χ0n) is 7.89. The van der Waals surface area contributed by atoms with Crippen LogP contribution in [-0.4, -0.2) is 19.1 Å². The van der Waals surface area contributed by atoms with Gasteiger partial charge in [-0.25, -0.2) is 0 Å². The molecule has 2 unspecified atom stereocenters. The molecule has 1 aliphatic rings. The van der Waals surface area contributed by atoms with E-state index in [-0.39, 0.29) is 0 Å². The third-order valence-electron chi connectivity index (χ3n) is 2.61. The smallest absolute Gasteiger partial charge is 0.0495 e. The van der Waals surface area contributed by atoms with Gasteiger partial charge in [-0.3, -0.25) is 0 Å². The Morgan fingerprint density at radius 3 is 2.92 bits per heavy atom. The molecule has 0 aliphatic carbocycles. The van der Waals surface area contributed by atoms with E-state index in [0.29, 0.717) is 0 Å². The molecule has 2 atom stereocenters. The van der Waals surface area contributed by atoms with Gasteiger partial charge in [-0.1, -0.05) is 13.3 Å². The molecular weight excluding hydrogens is 172 g/mol. The average molecular weight is 191 g/mol. The molecule has 0 N–H and O–H groups in total. The number of rotatable bonds is 5. The number of hydrogen-bond acceptors (Lipinski definition) is 1. The zero-order chi connectivity index (χ0) is 8.81. The lowest BCUT2D eigenvalue weighted by Crippen LogP contribution is -2.10. The minimum absolute atomic E-state index is 0.725. The Kier molecular flexibility index (Phi) is 5.01. The molecule has 1 heterocycles. The maximum absolute atomic E-state index is 5.88. The summed E-state index contributed by atoms with van der Waals surface area (Å²) in [6.07, 6.45) is 5.05. The van der Waals surface area contributed by atoms with Crippen LogP contribution in [-0.2, 0) is 4.74 Å². The maximum atomic E-state index is 5.88. The molecule has 0 aromatic rings. The van der Waals surface area contributed by atoms with Gasteiger partial charge in [0.1, 0.15) is 0 Å². The first-order valence-corrected chi connectivity index (χ1v) is 5.54. The highest BCUT2D eigenvalue weighted by Gasteiger charge is 2.19. The fraction of sp³-hybridized carbons (Fsp3) is 1.00. The number of hydrogen-bond donors (Lipinski definition) is 0. The summed E-state index contributed by atoms with van der Waals surface area (Å²) >= 11 is 5.88. The standard InChI is InChI=1S/C10H19ClO/c1-2-3-9(7-11)6-10-4-5-12-8-10/h9-10H,2-8H2,1H3. The lowest BCUT2D eigenvalue weighted by molar-refractivity contribution is 0.180. The zero-order valence-corrected chi connectivity index (χ0v) is 8.65. The van der Waals surface area contributed by atoms with Crippen LogP contribution in [0.25, 0.3) is 0 Å². The summed E-state index contributed by atoms with van der Waals surface area (Å²) in [5.41, 5.74) is 0. The molecule has 0 spiro atoms. The lowest BCUT2D eigenvalue weighted by atomic mass is 9.92. The van der Waals surface area contributed by atoms with Crippen molar-refractivity contribution in [2.24, 2.45) is 11.8 Å². The van der Waals surface area contributed by atoms with Crippen molar-refractivity contribution in [1.29, 1.82) is 0 Å². The van der Waals surface area contributed by atoms with E-state index >= 15 is 0 Å². The van der Waals surface area contributed by atoms with Gasteiger partial charge in [0, 0.05) is 19.1 Å². The van der Waals surface area contributed by atoms with Gasteiger partial charge in [-0.2, -0.15) is 0 Å². The monoisotopic (exact) mass is 190 g/mol. The molecule has 12 heavy (non-hydrogen) atoms. The molecule has 1 nitrogen and oxygen atoms in total. The summed E-state index contributed by atoms with van der Waals surface area (Å²) in [4.78, 5) is 0. The first-order valence-electron chi connectivity index (χ1n) is 5.00. The van der Waals surface area contributed by atoms with E-state index in [1.54, 1.807) is 0 Å². The second-order valence-electron chi connectivity index (χ2n) is 3.77. The summed E-state index contributed by atoms with van der Waals surface area (Å²) in [7, 11) is 0. The molecule has 0 amide bonds. The van der Waals surface area contributed by atoms with Crippen LogP contribution < -0.4 is 0 Å². The van der Waals surface area contributed by atoms with Crippen LogP contribution in [0, 0.1) is 11.8 Å². The Labute approximate surface area is 80.4 Å². The lowest BCUT2D eigenvalue weighted by Gasteiger charge is -2.15. The van der Waals surface area contributed by atoms with E-state index < -0.39 is 0 Å². The Morgan fingerprint density at radius 1 is 1.58 bits per heavy atom. The molecule has 1 aliphatic heterocycles. The molecule has 1 fully saturated rings. The van der Waals surface area contributed by atoms with Crippen molar-refractivity contribution in [3.8, 4) is 0 Å². The first-order chi connectivity index (χ1) is 5.86. The highest BCUT2D eigenvalue weighted by Crippen LogP contribution is 2.24. The highest BCUT2D eigenvalue weighted by molar-refractivity contribution is 6.18. The third-order valence-corrected chi connectivity index (χ3v) is 3.04. The van der Waals surface area contributed by atoms with Gasteiger partial charge in [0.25, 0.3) is 0 Å². The molecule has 0 radical (unpaired) electrons. The van der Waals surface area contributed by atoms with Crippen molar-refractivity contribution in [2.45, 2.75) is 32.6 Å². The normalized spacial score (nSPS) is 26.0. The summed E-state index contributed by atoms with van der Waals surface area (Å²) in [5, 5.41) is 0. The van der Waals surface area contributed by atoms with Gasteiger partial charge in [-0.15, -0.1) is 11.6 Å². The fourth-order valence-corrected chi connectivity index (χ4v) is 2.19. The maximum Gasteiger partial charge on any atom is 0.0495 e. The molecule has 1 rings (SSSR count). The van der Waals surface area contributed by atoms with Crippen molar-refractivity contribution in [1.82, 2.24) is 0 Å². The van der Waals surface area contributed by atoms with E-state index in [9.17, 15) is 0 Å². The SMILES string of the molecule is CCCC(CCl)CC1CCOC1. The summed E-state index contributed by atoms with van der Waals surface area (Å²) in [5.74, 6) is 2.34. The molecule has 0 saturated carbocycles. The molecule has 2 heteroatoms. The van der Waals surface area contributed by atoms with E-state index in [0.717, 1.165) is 30.9 Å². The van der Waals surface area contributed by atoms with Crippen molar-refractivity contribution in [3.63, 3.8) is 0 Å². The topological polar surface area (TPSA) is 9.23 Å². The fourth-order valence-electron chi connectivity index (χ4n) is 1.91. The summed E-state index contributed by atoms with van der Waals surface area (Å²) < 4.78 is 5.34. The van der Waals surface area contributed by atoms with Crippen molar-refractivity contribution in [3.05, 3.63) is 0 Å². The van der Waals surface area contributed by atoms with E-state index in [2.05, 4.69) is 6.92 Å². The second kappa shape index (κ2) is 5.82. The molecule has 0 bridgehead atoms. The van der Waals surface area contributed by atoms with E-state index in [1.165, 1.54) is 25.7 Å². The third kappa shape index (κ3) is 3.32. The first kappa shape index (κ1) is 10.3. The summed E-state index contributed by atoms with van der Waals surface area (Å²) in [6.45, 7) is 4.16. The molecular formula is C10H19ClO. The Balaban J connectivity index is 2.16. The minimum atomic E-state index is 0.725. The van der Waals surface area contributed by atoms with Gasteiger partial charge in [-0.05, 0) is 31.1 Å². The summed E-state index contributed by atoms with van der Waals surface area (Å²) in [6, 6.07) is 0. The van der Waals surface area contributed by atoms with Gasteiger partial charge < -0.3 is 4.74 Å². The van der Waals surface area contributed by atoms with Crippen molar-refractivity contribution < 1.29 is 4.74 Å². The highest BCUT2D eigenvalue weighted by atomic mass is 35.5. The Morgan fingerprint density at radius 2 is 2.42 bits per heavy atom. The van der Waals surface area contributed by atoms with Crippen molar-refractivity contribution >= 4 is 11.6 Å². The minimum Gasteiger partial charge on any atom is -0.381 e. The van der Waals surface area contributed by atoms with Crippen LogP contribution in [0.5, 0.6) is 0 Å². The number of ether oxygens (including phenoxy) is 1. The Bertz CT molecular complexity index is 110. The van der Waals surface area contributed by atoms with Crippen molar-refractivity contribution in [2.75, 3.05) is 19.1 Å². The van der Waals surface area contributed by atoms with Gasteiger partial charge >= 0.3 is 0 Å². The average Bonchev–Trinajstić information content (AvgIpc) is 2.56. The van der Waals surface area contributed by atoms with E-state index in [1.807, 2.05) is 0 Å². The van der Waals surface area contributed by atoms with Gasteiger partial charge in [0.05, 0.1) is 0 Å². The van der Waals surface area contributed by atoms with Gasteiger partial charge in [0.15, 0.2) is 0 Å². The predicted octanol–water partition coefficient (Wildman–Crippen LogP) is 3.07. The van der Waals surface area contributed by atoms with Gasteiger partial charge in [0.2, 0.25) is 0 Å². The molecule has 0 aromatic carbocycles. The van der Waals surface area contributed by atoms with Crippen LogP contribution in [0.4, 0.5) is 0 Å². The Hall–Kier alpha value is 0.250. The van der Waals surface area contributed by atoms with Crippen LogP contribution in [0.3, 0.4) is 0 Å². The van der Waals surface area contributed by atoms with E-state index in [4.69, 9.17) is 16.3 Å².